The average Bonchev–Trinajstić information content (AvgIpc) is 3.72. The van der Waals surface area contributed by atoms with Crippen molar-refractivity contribution in [1.82, 2.24) is 19.1 Å². The minimum atomic E-state index is 0.780. The number of benzene rings is 3. The topological polar surface area (TPSA) is 35.6 Å². The number of thiophene rings is 2. The SMILES string of the molecule is c1csc(-c2nc3ccccc3n2Cc2ccc(Cn3c(-c4cccs4)nc4ccccc43)cc2)c1. The molecule has 4 aromatic heterocycles. The third-order valence-corrected chi connectivity index (χ3v) is 8.23. The first-order valence-corrected chi connectivity index (χ1v) is 13.7. The highest BCUT2D eigenvalue weighted by Crippen LogP contribution is 2.30. The zero-order chi connectivity index (χ0) is 23.9. The first-order chi connectivity index (χ1) is 17.8. The van der Waals surface area contributed by atoms with Crippen molar-refractivity contribution in [3.8, 4) is 21.4 Å². The molecule has 0 aliphatic heterocycles. The fourth-order valence-electron chi connectivity index (χ4n) is 4.77. The lowest BCUT2D eigenvalue weighted by molar-refractivity contribution is 0.822. The van der Waals surface area contributed by atoms with Gasteiger partial charge in [-0.1, -0.05) is 60.7 Å². The number of fused-ring (bicyclic) bond motifs is 2. The quantitative estimate of drug-likeness (QED) is 0.231. The standard InChI is InChI=1S/C30H22N4S2/c1-3-9-25-23(7-1)31-29(27-11-5-17-35-27)33(25)19-21-13-15-22(16-14-21)20-34-26-10-4-2-8-24(26)32-30(34)28-12-6-18-36-28/h1-18H,19-20H2. The maximum atomic E-state index is 4.95. The Morgan fingerprint density at radius 2 is 0.944 bits per heavy atom. The molecule has 0 saturated heterocycles. The first-order valence-electron chi connectivity index (χ1n) is 11.9. The molecule has 0 amide bonds. The predicted octanol–water partition coefficient (Wildman–Crippen LogP) is 7.94. The number of aromatic nitrogens is 4. The second-order valence-electron chi connectivity index (χ2n) is 8.79. The lowest BCUT2D eigenvalue weighted by atomic mass is 10.1. The summed E-state index contributed by atoms with van der Waals surface area (Å²) in [6.45, 7) is 1.56. The Hall–Kier alpha value is -4.00. The van der Waals surface area contributed by atoms with Gasteiger partial charge < -0.3 is 9.13 Å². The van der Waals surface area contributed by atoms with E-state index in [2.05, 4.69) is 117 Å². The fraction of sp³-hybridized carbons (Fsp3) is 0.0667. The number of hydrogen-bond donors (Lipinski definition) is 0. The van der Waals surface area contributed by atoms with Gasteiger partial charge in [0.15, 0.2) is 11.6 Å². The summed E-state index contributed by atoms with van der Waals surface area (Å²) in [5.74, 6) is 2.06. The van der Waals surface area contributed by atoms with E-state index in [1.165, 1.54) is 20.9 Å². The normalized spacial score (nSPS) is 11.6. The number of imidazole rings is 2. The molecule has 0 unspecified atom stereocenters. The lowest BCUT2D eigenvalue weighted by Gasteiger charge is -2.11. The third-order valence-electron chi connectivity index (χ3n) is 6.50. The van der Waals surface area contributed by atoms with E-state index in [0.717, 1.165) is 46.8 Å². The van der Waals surface area contributed by atoms with E-state index in [1.54, 1.807) is 22.7 Å². The summed E-state index contributed by atoms with van der Waals surface area (Å²) in [6.07, 6.45) is 0. The molecule has 4 nitrogen and oxygen atoms in total. The molecule has 0 spiro atoms. The molecule has 0 fully saturated rings. The van der Waals surface area contributed by atoms with E-state index >= 15 is 0 Å². The number of nitrogens with zero attached hydrogens (tertiary/aromatic N) is 4. The highest BCUT2D eigenvalue weighted by Gasteiger charge is 2.15. The van der Waals surface area contributed by atoms with Gasteiger partial charge in [0.1, 0.15) is 0 Å². The van der Waals surface area contributed by atoms with Gasteiger partial charge in [-0.2, -0.15) is 0 Å². The van der Waals surface area contributed by atoms with E-state index < -0.39 is 0 Å². The number of rotatable bonds is 6. The second kappa shape index (κ2) is 8.90. The Balaban J connectivity index is 1.22. The van der Waals surface area contributed by atoms with Gasteiger partial charge in [0.25, 0.3) is 0 Å². The third kappa shape index (κ3) is 3.75. The van der Waals surface area contributed by atoms with Gasteiger partial charge >= 0.3 is 0 Å². The van der Waals surface area contributed by atoms with Crippen molar-refractivity contribution >= 4 is 44.7 Å². The molecule has 0 radical (unpaired) electrons. The van der Waals surface area contributed by atoms with Crippen molar-refractivity contribution in [2.45, 2.75) is 13.1 Å². The maximum absolute atomic E-state index is 4.95. The molecule has 0 N–H and O–H groups in total. The van der Waals surface area contributed by atoms with Crippen LogP contribution in [0.4, 0.5) is 0 Å². The molecule has 4 heterocycles. The lowest BCUT2D eigenvalue weighted by Crippen LogP contribution is -2.04. The van der Waals surface area contributed by atoms with Crippen molar-refractivity contribution in [3.05, 3.63) is 119 Å². The van der Waals surface area contributed by atoms with Crippen molar-refractivity contribution in [2.75, 3.05) is 0 Å². The van der Waals surface area contributed by atoms with Crippen LogP contribution in [0.2, 0.25) is 0 Å². The van der Waals surface area contributed by atoms with E-state index in [1.807, 2.05) is 0 Å². The van der Waals surface area contributed by atoms with Crippen LogP contribution in [0.5, 0.6) is 0 Å². The summed E-state index contributed by atoms with van der Waals surface area (Å²) in [5, 5.41) is 4.22. The molecule has 0 aliphatic carbocycles. The van der Waals surface area contributed by atoms with Crippen molar-refractivity contribution in [3.63, 3.8) is 0 Å². The Morgan fingerprint density at radius 1 is 0.500 bits per heavy atom. The number of hydrogen-bond acceptors (Lipinski definition) is 4. The molecule has 0 atom stereocenters. The molecule has 0 bridgehead atoms. The van der Waals surface area contributed by atoms with E-state index in [4.69, 9.17) is 9.97 Å². The fourth-order valence-corrected chi connectivity index (χ4v) is 6.22. The molecule has 6 heteroatoms. The van der Waals surface area contributed by atoms with Gasteiger partial charge in [0, 0.05) is 13.1 Å². The zero-order valence-electron chi connectivity index (χ0n) is 19.4. The van der Waals surface area contributed by atoms with Gasteiger partial charge in [-0.15, -0.1) is 22.7 Å². The van der Waals surface area contributed by atoms with Crippen LogP contribution in [0.1, 0.15) is 11.1 Å². The summed E-state index contributed by atoms with van der Waals surface area (Å²) in [6, 6.07) is 34.2. The van der Waals surface area contributed by atoms with Crippen molar-refractivity contribution in [1.29, 1.82) is 0 Å². The van der Waals surface area contributed by atoms with Crippen LogP contribution >= 0.6 is 22.7 Å². The van der Waals surface area contributed by atoms with Crippen LogP contribution in [0.15, 0.2) is 108 Å². The van der Waals surface area contributed by atoms with Gasteiger partial charge in [0.05, 0.1) is 31.8 Å². The van der Waals surface area contributed by atoms with Crippen LogP contribution in [-0.2, 0) is 13.1 Å². The van der Waals surface area contributed by atoms with E-state index in [0.29, 0.717) is 0 Å². The first kappa shape index (κ1) is 21.3. The summed E-state index contributed by atoms with van der Waals surface area (Å²) >= 11 is 3.46. The van der Waals surface area contributed by atoms with Gasteiger partial charge in [-0.05, 0) is 58.3 Å². The van der Waals surface area contributed by atoms with Crippen LogP contribution in [0.3, 0.4) is 0 Å². The largest absolute Gasteiger partial charge is 0.319 e. The average molecular weight is 503 g/mol. The minimum Gasteiger partial charge on any atom is -0.319 e. The molecule has 0 aliphatic rings. The van der Waals surface area contributed by atoms with Crippen LogP contribution in [0.25, 0.3) is 43.5 Å². The Kier molecular flexibility index (Phi) is 5.26. The van der Waals surface area contributed by atoms with Gasteiger partial charge in [-0.3, -0.25) is 0 Å². The Morgan fingerprint density at radius 3 is 1.36 bits per heavy atom. The summed E-state index contributed by atoms with van der Waals surface area (Å²) < 4.78 is 4.66. The maximum Gasteiger partial charge on any atom is 0.151 e. The highest BCUT2D eigenvalue weighted by atomic mass is 32.1. The van der Waals surface area contributed by atoms with Crippen LogP contribution < -0.4 is 0 Å². The summed E-state index contributed by atoms with van der Waals surface area (Å²) in [5.41, 5.74) is 6.91. The molecule has 174 valence electrons. The smallest absolute Gasteiger partial charge is 0.151 e. The van der Waals surface area contributed by atoms with Crippen molar-refractivity contribution < 1.29 is 0 Å². The molecular weight excluding hydrogens is 480 g/mol. The van der Waals surface area contributed by atoms with Gasteiger partial charge in [0.2, 0.25) is 0 Å². The Bertz CT molecular complexity index is 1640. The molecule has 0 saturated carbocycles. The summed E-state index contributed by atoms with van der Waals surface area (Å²) in [7, 11) is 0. The second-order valence-corrected chi connectivity index (χ2v) is 10.7. The van der Waals surface area contributed by atoms with Crippen molar-refractivity contribution in [2.24, 2.45) is 0 Å². The molecular formula is C30H22N4S2. The van der Waals surface area contributed by atoms with E-state index in [9.17, 15) is 0 Å². The molecule has 3 aromatic carbocycles. The zero-order valence-corrected chi connectivity index (χ0v) is 21.0. The minimum absolute atomic E-state index is 0.780. The molecule has 36 heavy (non-hydrogen) atoms. The number of para-hydroxylation sites is 4. The van der Waals surface area contributed by atoms with E-state index in [-0.39, 0.29) is 0 Å². The Labute approximate surface area is 216 Å². The molecule has 7 rings (SSSR count). The summed E-state index contributed by atoms with van der Waals surface area (Å²) in [4.78, 5) is 12.3. The van der Waals surface area contributed by atoms with Gasteiger partial charge in [-0.25, -0.2) is 9.97 Å². The van der Waals surface area contributed by atoms with Crippen LogP contribution in [-0.4, -0.2) is 19.1 Å². The monoisotopic (exact) mass is 502 g/mol. The predicted molar refractivity (Wildman–Crippen MR) is 151 cm³/mol. The molecule has 7 aromatic rings. The van der Waals surface area contributed by atoms with Crippen LogP contribution in [0, 0.1) is 0 Å². The highest BCUT2D eigenvalue weighted by molar-refractivity contribution is 7.13.